The Hall–Kier alpha value is -2.04. The minimum absolute atomic E-state index is 0.0610. The van der Waals surface area contributed by atoms with Crippen molar-refractivity contribution < 1.29 is 28.9 Å². The molecular formula is C18H26FN3O6. The van der Waals surface area contributed by atoms with E-state index in [1.165, 1.54) is 13.3 Å². The van der Waals surface area contributed by atoms with Crippen molar-refractivity contribution in [2.24, 2.45) is 5.92 Å². The van der Waals surface area contributed by atoms with Gasteiger partial charge in [-0.15, -0.1) is 0 Å². The van der Waals surface area contributed by atoms with Gasteiger partial charge in [0, 0.05) is 0 Å². The zero-order valence-electron chi connectivity index (χ0n) is 15.7. The molecule has 0 unspecified atom stereocenters. The fourth-order valence-electron chi connectivity index (χ4n) is 3.96. The molecule has 10 heteroatoms. The standard InChI is InChI=1S/C18H26FN3O6/c1-10-13(23)14(24)18(28-10,22-9-12(19)15(20)21-17(22)26)16(25)27-8-7-11-5-3-2-4-6-11/h9-11,13-14,23-24H,2-8H2,1H3,(H2,20,21,26)/t10-,13-,14-,18+/m1/s1. The molecule has 0 amide bonds. The van der Waals surface area contributed by atoms with Gasteiger partial charge in [0.15, 0.2) is 11.6 Å². The Balaban J connectivity index is 1.86. The molecule has 1 aromatic rings. The summed E-state index contributed by atoms with van der Waals surface area (Å²) in [6.45, 7) is 1.47. The minimum atomic E-state index is -2.44. The van der Waals surface area contributed by atoms with Gasteiger partial charge in [0.25, 0.3) is 5.72 Å². The van der Waals surface area contributed by atoms with Gasteiger partial charge in [-0.3, -0.25) is 4.57 Å². The Kier molecular flexibility index (Phi) is 6.01. The lowest BCUT2D eigenvalue weighted by Crippen LogP contribution is -2.56. The first-order valence-electron chi connectivity index (χ1n) is 9.53. The van der Waals surface area contributed by atoms with Gasteiger partial charge >= 0.3 is 11.7 Å². The number of halogens is 1. The zero-order chi connectivity index (χ0) is 20.5. The van der Waals surface area contributed by atoms with Gasteiger partial charge in [0.1, 0.15) is 12.2 Å². The summed E-state index contributed by atoms with van der Waals surface area (Å²) in [6.07, 6.45) is 2.52. The molecule has 1 aliphatic carbocycles. The molecule has 156 valence electrons. The van der Waals surface area contributed by atoms with Crippen LogP contribution in [0.4, 0.5) is 10.2 Å². The van der Waals surface area contributed by atoms with Crippen molar-refractivity contribution in [2.75, 3.05) is 12.3 Å². The number of aliphatic hydroxyl groups excluding tert-OH is 2. The van der Waals surface area contributed by atoms with Crippen LogP contribution in [0.5, 0.6) is 0 Å². The summed E-state index contributed by atoms with van der Waals surface area (Å²) in [4.78, 5) is 28.5. The number of carbonyl (C=O) groups excluding carboxylic acids is 1. The highest BCUT2D eigenvalue weighted by Crippen LogP contribution is 2.36. The van der Waals surface area contributed by atoms with E-state index in [0.717, 1.165) is 25.7 Å². The van der Waals surface area contributed by atoms with E-state index in [1.54, 1.807) is 0 Å². The summed E-state index contributed by atoms with van der Waals surface area (Å²) in [5.74, 6) is -2.37. The average Bonchev–Trinajstić information content (AvgIpc) is 2.90. The molecule has 0 aromatic carbocycles. The summed E-state index contributed by atoms with van der Waals surface area (Å²) in [5, 5.41) is 20.6. The second-order valence-corrected chi connectivity index (χ2v) is 7.51. The molecule has 1 saturated carbocycles. The molecule has 2 fully saturated rings. The van der Waals surface area contributed by atoms with Gasteiger partial charge in [0.05, 0.1) is 18.9 Å². The van der Waals surface area contributed by atoms with E-state index in [2.05, 4.69) is 4.98 Å². The van der Waals surface area contributed by atoms with Crippen LogP contribution in [-0.2, 0) is 20.0 Å². The highest BCUT2D eigenvalue weighted by Gasteiger charge is 2.61. The first kappa shape index (κ1) is 20.7. The van der Waals surface area contributed by atoms with Gasteiger partial charge < -0.3 is 25.4 Å². The molecule has 0 spiro atoms. The lowest BCUT2D eigenvalue weighted by atomic mass is 9.87. The predicted octanol–water partition coefficient (Wildman–Crippen LogP) is 0.272. The van der Waals surface area contributed by atoms with Crippen LogP contribution in [0.1, 0.15) is 45.4 Å². The van der Waals surface area contributed by atoms with Crippen LogP contribution >= 0.6 is 0 Å². The Bertz CT molecular complexity index is 781. The fourth-order valence-corrected chi connectivity index (χ4v) is 3.96. The number of rotatable bonds is 5. The summed E-state index contributed by atoms with van der Waals surface area (Å²) >= 11 is 0. The van der Waals surface area contributed by atoms with Crippen molar-refractivity contribution in [3.63, 3.8) is 0 Å². The van der Waals surface area contributed by atoms with E-state index >= 15 is 0 Å². The molecule has 1 aromatic heterocycles. The molecule has 4 N–H and O–H groups in total. The second kappa shape index (κ2) is 8.14. The number of ether oxygens (including phenoxy) is 2. The topological polar surface area (TPSA) is 137 Å². The van der Waals surface area contributed by atoms with Crippen LogP contribution in [0.2, 0.25) is 0 Å². The molecule has 0 bridgehead atoms. The maximum atomic E-state index is 14.0. The lowest BCUT2D eigenvalue weighted by Gasteiger charge is -2.31. The number of aliphatic hydroxyl groups is 2. The van der Waals surface area contributed by atoms with E-state index in [1.807, 2.05) is 0 Å². The average molecular weight is 399 g/mol. The van der Waals surface area contributed by atoms with Crippen LogP contribution in [0.15, 0.2) is 11.0 Å². The van der Waals surface area contributed by atoms with Gasteiger partial charge in [-0.25, -0.2) is 14.0 Å². The third-order valence-electron chi connectivity index (χ3n) is 5.61. The number of esters is 1. The molecule has 1 saturated heterocycles. The third kappa shape index (κ3) is 3.63. The Morgan fingerprint density at radius 2 is 2.11 bits per heavy atom. The third-order valence-corrected chi connectivity index (χ3v) is 5.61. The largest absolute Gasteiger partial charge is 0.462 e. The van der Waals surface area contributed by atoms with Crippen LogP contribution < -0.4 is 11.4 Å². The van der Waals surface area contributed by atoms with Gasteiger partial charge in [-0.1, -0.05) is 32.1 Å². The fraction of sp³-hybridized carbons (Fsp3) is 0.722. The molecule has 28 heavy (non-hydrogen) atoms. The summed E-state index contributed by atoms with van der Waals surface area (Å²) < 4.78 is 25.2. The Labute approximate surface area is 161 Å². The number of nitrogens with two attached hydrogens (primary N) is 1. The van der Waals surface area contributed by atoms with Crippen LogP contribution in [-0.4, -0.2) is 50.7 Å². The predicted molar refractivity (Wildman–Crippen MR) is 95.6 cm³/mol. The highest BCUT2D eigenvalue weighted by atomic mass is 19.1. The minimum Gasteiger partial charge on any atom is -0.462 e. The Morgan fingerprint density at radius 1 is 1.43 bits per heavy atom. The van der Waals surface area contributed by atoms with Crippen molar-refractivity contribution in [3.8, 4) is 0 Å². The number of aromatic nitrogens is 2. The zero-order valence-corrected chi connectivity index (χ0v) is 15.7. The number of nitrogen functional groups attached to an aromatic ring is 1. The van der Waals surface area contributed by atoms with Crippen LogP contribution in [0.25, 0.3) is 0 Å². The van der Waals surface area contributed by atoms with Crippen molar-refractivity contribution in [1.82, 2.24) is 9.55 Å². The lowest BCUT2D eigenvalue weighted by molar-refractivity contribution is -0.200. The molecule has 3 rings (SSSR count). The molecule has 1 aliphatic heterocycles. The van der Waals surface area contributed by atoms with Crippen molar-refractivity contribution in [3.05, 3.63) is 22.5 Å². The van der Waals surface area contributed by atoms with Crippen molar-refractivity contribution in [2.45, 2.75) is 69.5 Å². The quantitative estimate of drug-likeness (QED) is 0.600. The summed E-state index contributed by atoms with van der Waals surface area (Å²) in [5.41, 5.74) is 1.74. The van der Waals surface area contributed by atoms with E-state index in [4.69, 9.17) is 15.2 Å². The maximum absolute atomic E-state index is 14.0. The molecule has 2 heterocycles. The number of nitrogens with zero attached hydrogens (tertiary/aromatic N) is 2. The van der Waals surface area contributed by atoms with E-state index in [9.17, 15) is 24.2 Å². The molecule has 0 radical (unpaired) electrons. The number of anilines is 1. The molecular weight excluding hydrogens is 373 g/mol. The van der Waals surface area contributed by atoms with Gasteiger partial charge in [-0.05, 0) is 19.3 Å². The van der Waals surface area contributed by atoms with Gasteiger partial charge in [0.2, 0.25) is 0 Å². The van der Waals surface area contributed by atoms with Gasteiger partial charge in [-0.2, -0.15) is 4.98 Å². The number of carbonyl (C=O) groups is 1. The Morgan fingerprint density at radius 3 is 2.71 bits per heavy atom. The van der Waals surface area contributed by atoms with E-state index < -0.39 is 47.3 Å². The first-order valence-corrected chi connectivity index (χ1v) is 9.53. The van der Waals surface area contributed by atoms with Crippen molar-refractivity contribution in [1.29, 1.82) is 0 Å². The molecule has 4 atom stereocenters. The van der Waals surface area contributed by atoms with Crippen LogP contribution in [0, 0.1) is 11.7 Å². The summed E-state index contributed by atoms with van der Waals surface area (Å²) in [6, 6.07) is 0. The van der Waals surface area contributed by atoms with Crippen LogP contribution in [0.3, 0.4) is 0 Å². The second-order valence-electron chi connectivity index (χ2n) is 7.51. The SMILES string of the molecule is C[C@H]1O[C@@](C(=O)OCCC2CCCCC2)(n2cc(F)c(N)nc2=O)[C@H](O)[C@@H]1O. The van der Waals surface area contributed by atoms with E-state index in [0.29, 0.717) is 23.1 Å². The normalized spacial score (nSPS) is 31.1. The summed E-state index contributed by atoms with van der Waals surface area (Å²) in [7, 11) is 0. The monoisotopic (exact) mass is 399 g/mol. The highest BCUT2D eigenvalue weighted by molar-refractivity contribution is 5.78. The van der Waals surface area contributed by atoms with E-state index in [-0.39, 0.29) is 6.61 Å². The van der Waals surface area contributed by atoms with Crippen molar-refractivity contribution >= 4 is 11.8 Å². The number of hydrogen-bond acceptors (Lipinski definition) is 8. The number of hydrogen-bond donors (Lipinski definition) is 3. The smallest absolute Gasteiger partial charge is 0.363 e. The maximum Gasteiger partial charge on any atom is 0.363 e. The first-order chi connectivity index (χ1) is 13.3. The molecule has 9 nitrogen and oxygen atoms in total. The molecule has 2 aliphatic rings.